The van der Waals surface area contributed by atoms with E-state index in [1.807, 2.05) is 31.5 Å². The van der Waals surface area contributed by atoms with E-state index < -0.39 is 0 Å². The molecule has 0 saturated heterocycles. The number of carbonyl (C=O) groups excluding carboxylic acids is 2. The molecule has 5 aromatic rings. The lowest BCUT2D eigenvalue weighted by molar-refractivity contribution is 0.101. The van der Waals surface area contributed by atoms with E-state index in [0.717, 1.165) is 10.6 Å². The summed E-state index contributed by atoms with van der Waals surface area (Å²) in [5.74, 6) is -0.579. The molecule has 4 heterocycles. The number of amides is 2. The van der Waals surface area contributed by atoms with Crippen molar-refractivity contribution in [2.24, 2.45) is 7.05 Å². The summed E-state index contributed by atoms with van der Waals surface area (Å²) in [6, 6.07) is 15.9. The van der Waals surface area contributed by atoms with Crippen LogP contribution in [0.25, 0.3) is 21.6 Å². The van der Waals surface area contributed by atoms with Gasteiger partial charge in [0, 0.05) is 36.4 Å². The zero-order valence-electron chi connectivity index (χ0n) is 18.4. The van der Waals surface area contributed by atoms with Crippen LogP contribution in [0.1, 0.15) is 26.4 Å². The smallest absolute Gasteiger partial charge is 0.256 e. The maximum Gasteiger partial charge on any atom is 0.256 e. The quantitative estimate of drug-likeness (QED) is 0.382. The minimum absolute atomic E-state index is 0.281. The van der Waals surface area contributed by atoms with Gasteiger partial charge >= 0.3 is 0 Å². The molecule has 0 unspecified atom stereocenters. The van der Waals surface area contributed by atoms with Crippen LogP contribution in [0.3, 0.4) is 0 Å². The van der Waals surface area contributed by atoms with Gasteiger partial charge in [-0.3, -0.25) is 19.3 Å². The van der Waals surface area contributed by atoms with Gasteiger partial charge in [0.15, 0.2) is 5.65 Å². The van der Waals surface area contributed by atoms with Crippen molar-refractivity contribution in [3.05, 3.63) is 89.2 Å². The van der Waals surface area contributed by atoms with E-state index in [1.165, 1.54) is 0 Å². The highest BCUT2D eigenvalue weighted by Gasteiger charge is 2.20. The first-order valence-electron chi connectivity index (χ1n) is 10.5. The highest BCUT2D eigenvalue weighted by Crippen LogP contribution is 2.30. The molecule has 8 nitrogen and oxygen atoms in total. The van der Waals surface area contributed by atoms with E-state index in [0.29, 0.717) is 39.2 Å². The normalized spacial score (nSPS) is 10.9. The lowest BCUT2D eigenvalue weighted by atomic mass is 10.1. The van der Waals surface area contributed by atoms with Crippen LogP contribution in [0.2, 0.25) is 0 Å². The average Bonchev–Trinajstić information content (AvgIpc) is 3.48. The fourth-order valence-electron chi connectivity index (χ4n) is 3.75. The third-order valence-electron chi connectivity index (χ3n) is 5.31. The third kappa shape index (κ3) is 4.16. The number of nitrogens with zero attached hydrogens (tertiary/aromatic N) is 4. The van der Waals surface area contributed by atoms with E-state index in [9.17, 15) is 9.59 Å². The lowest BCUT2D eigenvalue weighted by Gasteiger charge is -2.10. The van der Waals surface area contributed by atoms with Gasteiger partial charge in [-0.15, -0.1) is 11.3 Å². The molecule has 0 aliphatic heterocycles. The molecule has 34 heavy (non-hydrogen) atoms. The molecule has 0 saturated carbocycles. The van der Waals surface area contributed by atoms with Crippen molar-refractivity contribution < 1.29 is 9.59 Å². The summed E-state index contributed by atoms with van der Waals surface area (Å²) in [4.78, 5) is 35.7. The number of pyridine rings is 2. The van der Waals surface area contributed by atoms with Crippen molar-refractivity contribution in [2.75, 3.05) is 10.6 Å². The molecule has 0 atom stereocenters. The van der Waals surface area contributed by atoms with Crippen LogP contribution in [0.5, 0.6) is 0 Å². The zero-order valence-corrected chi connectivity index (χ0v) is 19.3. The monoisotopic (exact) mass is 468 g/mol. The summed E-state index contributed by atoms with van der Waals surface area (Å²) < 4.78 is 1.68. The summed E-state index contributed by atoms with van der Waals surface area (Å²) >= 11 is 1.56. The Bertz CT molecular complexity index is 1510. The Morgan fingerprint density at radius 1 is 0.941 bits per heavy atom. The van der Waals surface area contributed by atoms with Gasteiger partial charge in [-0.25, -0.2) is 4.98 Å². The molecule has 1 aromatic carbocycles. The Labute approximate surface area is 199 Å². The number of rotatable bonds is 5. The Balaban J connectivity index is 1.46. The standard InChI is InChI=1S/C25H20N6O2S/c1-15-22-19(14-20(21-7-4-12-34-21)29-23(22)31(2)30-15)25(33)28-18-6-3-5-16(13-18)24(32)27-17-8-10-26-11-9-17/h3-14H,1-2H3,(H,28,33)(H,26,27,32). The minimum atomic E-state index is -0.298. The molecule has 168 valence electrons. The van der Waals surface area contributed by atoms with Crippen molar-refractivity contribution in [1.82, 2.24) is 19.7 Å². The maximum absolute atomic E-state index is 13.4. The number of carbonyl (C=O) groups is 2. The Hall–Kier alpha value is -4.37. The molecular formula is C25H20N6O2S. The minimum Gasteiger partial charge on any atom is -0.322 e. The number of aromatic nitrogens is 4. The van der Waals surface area contributed by atoms with Gasteiger partial charge in [0.05, 0.1) is 27.2 Å². The first-order chi connectivity index (χ1) is 16.5. The van der Waals surface area contributed by atoms with Crippen LogP contribution in [0.15, 0.2) is 72.4 Å². The van der Waals surface area contributed by atoms with E-state index in [2.05, 4.69) is 20.7 Å². The summed E-state index contributed by atoms with van der Waals surface area (Å²) in [5.41, 5.74) is 4.12. The topological polar surface area (TPSA) is 102 Å². The Morgan fingerprint density at radius 3 is 2.50 bits per heavy atom. The largest absolute Gasteiger partial charge is 0.322 e. The van der Waals surface area contributed by atoms with Gasteiger partial charge < -0.3 is 10.6 Å². The number of benzene rings is 1. The van der Waals surface area contributed by atoms with Crippen molar-refractivity contribution >= 4 is 45.6 Å². The molecule has 0 bridgehead atoms. The molecule has 2 amide bonds. The predicted molar refractivity (Wildman–Crippen MR) is 133 cm³/mol. The van der Waals surface area contributed by atoms with Gasteiger partial charge in [0.1, 0.15) is 0 Å². The number of fused-ring (bicyclic) bond motifs is 1. The molecular weight excluding hydrogens is 448 g/mol. The maximum atomic E-state index is 13.4. The van der Waals surface area contributed by atoms with Gasteiger partial charge in [0.2, 0.25) is 0 Å². The number of aryl methyl sites for hydroxylation is 2. The van der Waals surface area contributed by atoms with Gasteiger partial charge in [-0.05, 0) is 54.8 Å². The van der Waals surface area contributed by atoms with Gasteiger partial charge in [-0.2, -0.15) is 5.10 Å². The molecule has 5 rings (SSSR count). The highest BCUT2D eigenvalue weighted by molar-refractivity contribution is 7.13. The van der Waals surface area contributed by atoms with Gasteiger partial charge in [-0.1, -0.05) is 12.1 Å². The lowest BCUT2D eigenvalue weighted by Crippen LogP contribution is -2.15. The van der Waals surface area contributed by atoms with Crippen LogP contribution in [0.4, 0.5) is 11.4 Å². The number of hydrogen-bond donors (Lipinski definition) is 2. The van der Waals surface area contributed by atoms with Crippen LogP contribution in [-0.4, -0.2) is 31.6 Å². The molecule has 9 heteroatoms. The SMILES string of the molecule is Cc1nn(C)c2nc(-c3cccs3)cc(C(=O)Nc3cccc(C(=O)Nc4ccncc4)c3)c12. The number of nitrogens with one attached hydrogen (secondary N) is 2. The fraction of sp³-hybridized carbons (Fsp3) is 0.0800. The zero-order chi connectivity index (χ0) is 23.7. The summed E-state index contributed by atoms with van der Waals surface area (Å²) in [6.07, 6.45) is 3.21. The van der Waals surface area contributed by atoms with E-state index >= 15 is 0 Å². The molecule has 0 aliphatic rings. The third-order valence-corrected chi connectivity index (χ3v) is 6.20. The summed E-state index contributed by atoms with van der Waals surface area (Å²) in [5, 5.41) is 12.9. The Morgan fingerprint density at radius 2 is 1.74 bits per heavy atom. The second-order valence-electron chi connectivity index (χ2n) is 7.66. The van der Waals surface area contributed by atoms with Crippen molar-refractivity contribution in [1.29, 1.82) is 0 Å². The van der Waals surface area contributed by atoms with E-state index in [4.69, 9.17) is 4.98 Å². The second kappa shape index (κ2) is 8.87. The van der Waals surface area contributed by atoms with Crippen molar-refractivity contribution in [2.45, 2.75) is 6.92 Å². The molecule has 2 N–H and O–H groups in total. The predicted octanol–water partition coefficient (Wildman–Crippen LogP) is 4.90. The first-order valence-corrected chi connectivity index (χ1v) is 11.4. The molecule has 0 spiro atoms. The van der Waals surface area contributed by atoms with Gasteiger partial charge in [0.25, 0.3) is 11.8 Å². The van der Waals surface area contributed by atoms with Crippen LogP contribution < -0.4 is 10.6 Å². The highest BCUT2D eigenvalue weighted by atomic mass is 32.1. The molecule has 0 fully saturated rings. The molecule has 4 aromatic heterocycles. The Kier molecular flexibility index (Phi) is 5.60. The van der Waals surface area contributed by atoms with E-state index in [-0.39, 0.29) is 11.8 Å². The van der Waals surface area contributed by atoms with Crippen LogP contribution >= 0.6 is 11.3 Å². The van der Waals surface area contributed by atoms with Crippen LogP contribution in [0, 0.1) is 6.92 Å². The first kappa shape index (κ1) is 21.5. The number of thiophene rings is 1. The van der Waals surface area contributed by atoms with Crippen molar-refractivity contribution in [3.8, 4) is 10.6 Å². The molecule has 0 aliphatic carbocycles. The average molecular weight is 469 g/mol. The molecule has 0 radical (unpaired) electrons. The van der Waals surface area contributed by atoms with Crippen LogP contribution in [-0.2, 0) is 7.05 Å². The van der Waals surface area contributed by atoms with Crippen molar-refractivity contribution in [3.63, 3.8) is 0 Å². The fourth-order valence-corrected chi connectivity index (χ4v) is 4.44. The number of hydrogen-bond acceptors (Lipinski definition) is 6. The summed E-state index contributed by atoms with van der Waals surface area (Å²) in [7, 11) is 1.81. The van der Waals surface area contributed by atoms with E-state index in [1.54, 1.807) is 70.9 Å². The summed E-state index contributed by atoms with van der Waals surface area (Å²) in [6.45, 7) is 1.86. The second-order valence-corrected chi connectivity index (χ2v) is 8.61. The number of anilines is 2.